The highest BCUT2D eigenvalue weighted by molar-refractivity contribution is 5.85. The standard InChI is InChI=1S/C7H8F2N2O.2ClH/c8-7(9)12-6-3-5(4-10)1-2-11-6;;/h1-3,7H,4,10H2;2*1H. The monoisotopic (exact) mass is 246 g/mol. The quantitative estimate of drug-likeness (QED) is 0.888. The van der Waals surface area contributed by atoms with E-state index in [0.29, 0.717) is 5.56 Å². The second-order valence-electron chi connectivity index (χ2n) is 2.08. The number of pyridine rings is 1. The molecule has 14 heavy (non-hydrogen) atoms. The number of hydrogen-bond donors (Lipinski definition) is 1. The van der Waals surface area contributed by atoms with Gasteiger partial charge in [0.05, 0.1) is 0 Å². The Morgan fingerprint density at radius 3 is 2.57 bits per heavy atom. The number of hydrogen-bond acceptors (Lipinski definition) is 3. The average molecular weight is 247 g/mol. The Kier molecular flexibility index (Phi) is 8.72. The van der Waals surface area contributed by atoms with Crippen molar-refractivity contribution in [1.82, 2.24) is 4.98 Å². The average Bonchev–Trinajstić information content (AvgIpc) is 2.03. The van der Waals surface area contributed by atoms with Crippen LogP contribution >= 0.6 is 24.8 Å². The summed E-state index contributed by atoms with van der Waals surface area (Å²) in [5, 5.41) is 0. The molecular formula is C7H10Cl2F2N2O. The number of nitrogens with two attached hydrogens (primary N) is 1. The molecule has 2 N–H and O–H groups in total. The van der Waals surface area contributed by atoms with Crippen LogP contribution < -0.4 is 10.5 Å². The van der Waals surface area contributed by atoms with E-state index in [4.69, 9.17) is 5.73 Å². The SMILES string of the molecule is Cl.Cl.NCc1ccnc(OC(F)F)c1. The van der Waals surface area contributed by atoms with Crippen LogP contribution in [0.2, 0.25) is 0 Å². The first-order valence-electron chi connectivity index (χ1n) is 3.32. The van der Waals surface area contributed by atoms with Gasteiger partial charge in [0.15, 0.2) is 0 Å². The fourth-order valence-corrected chi connectivity index (χ4v) is 0.733. The summed E-state index contributed by atoms with van der Waals surface area (Å²) < 4.78 is 27.4. The fourth-order valence-electron chi connectivity index (χ4n) is 0.733. The predicted molar refractivity (Wildman–Crippen MR) is 53.3 cm³/mol. The maximum absolute atomic E-state index is 11.7. The summed E-state index contributed by atoms with van der Waals surface area (Å²) in [6.07, 6.45) is 1.37. The molecule has 1 aromatic rings. The summed E-state index contributed by atoms with van der Waals surface area (Å²) in [4.78, 5) is 3.57. The number of halogens is 4. The van der Waals surface area contributed by atoms with Crippen molar-refractivity contribution in [2.45, 2.75) is 13.2 Å². The molecule has 0 bridgehead atoms. The lowest BCUT2D eigenvalue weighted by molar-refractivity contribution is -0.0528. The number of ether oxygens (including phenoxy) is 1. The van der Waals surface area contributed by atoms with Crippen molar-refractivity contribution in [3.05, 3.63) is 23.9 Å². The summed E-state index contributed by atoms with van der Waals surface area (Å²) in [6, 6.07) is 3.02. The van der Waals surface area contributed by atoms with Crippen LogP contribution in [0.3, 0.4) is 0 Å². The Balaban J connectivity index is 0. The Hall–Kier alpha value is -0.650. The van der Waals surface area contributed by atoms with Gasteiger partial charge in [0.2, 0.25) is 5.88 Å². The van der Waals surface area contributed by atoms with Crippen LogP contribution in [0.5, 0.6) is 5.88 Å². The molecule has 0 saturated carbocycles. The number of alkyl halides is 2. The van der Waals surface area contributed by atoms with E-state index in [2.05, 4.69) is 9.72 Å². The minimum Gasteiger partial charge on any atom is -0.417 e. The maximum atomic E-state index is 11.7. The van der Waals surface area contributed by atoms with Crippen LogP contribution in [0.25, 0.3) is 0 Å². The van der Waals surface area contributed by atoms with Crippen LogP contribution in [0.4, 0.5) is 8.78 Å². The van der Waals surface area contributed by atoms with Crippen LogP contribution in [-0.2, 0) is 6.54 Å². The van der Waals surface area contributed by atoms with E-state index in [9.17, 15) is 8.78 Å². The molecule has 0 radical (unpaired) electrons. The first-order valence-corrected chi connectivity index (χ1v) is 3.32. The topological polar surface area (TPSA) is 48.1 Å². The largest absolute Gasteiger partial charge is 0.417 e. The van der Waals surface area contributed by atoms with E-state index in [-0.39, 0.29) is 37.2 Å². The van der Waals surface area contributed by atoms with Crippen molar-refractivity contribution in [2.75, 3.05) is 0 Å². The number of aromatic nitrogens is 1. The van der Waals surface area contributed by atoms with Gasteiger partial charge in [0.1, 0.15) is 0 Å². The zero-order chi connectivity index (χ0) is 8.97. The van der Waals surface area contributed by atoms with Gasteiger partial charge in [-0.3, -0.25) is 0 Å². The van der Waals surface area contributed by atoms with Crippen LogP contribution in [-0.4, -0.2) is 11.6 Å². The normalized spacial score (nSPS) is 8.86. The Morgan fingerprint density at radius 2 is 2.07 bits per heavy atom. The van der Waals surface area contributed by atoms with E-state index >= 15 is 0 Å². The van der Waals surface area contributed by atoms with Gasteiger partial charge in [-0.2, -0.15) is 8.78 Å². The lowest BCUT2D eigenvalue weighted by Crippen LogP contribution is -2.04. The van der Waals surface area contributed by atoms with Gasteiger partial charge in [-0.15, -0.1) is 24.8 Å². The van der Waals surface area contributed by atoms with E-state index in [1.54, 1.807) is 6.07 Å². The second kappa shape index (κ2) is 7.73. The molecule has 0 spiro atoms. The zero-order valence-corrected chi connectivity index (χ0v) is 8.65. The minimum atomic E-state index is -2.84. The van der Waals surface area contributed by atoms with E-state index in [1.165, 1.54) is 12.3 Å². The van der Waals surface area contributed by atoms with Crippen molar-refractivity contribution in [3.63, 3.8) is 0 Å². The van der Waals surface area contributed by atoms with Gasteiger partial charge in [-0.05, 0) is 11.6 Å². The van der Waals surface area contributed by atoms with Gasteiger partial charge in [0.25, 0.3) is 0 Å². The lowest BCUT2D eigenvalue weighted by atomic mass is 10.3. The summed E-state index contributed by atoms with van der Waals surface area (Å²) >= 11 is 0. The first-order chi connectivity index (χ1) is 5.72. The molecule has 7 heteroatoms. The summed E-state index contributed by atoms with van der Waals surface area (Å²) in [5.41, 5.74) is 5.99. The molecule has 0 unspecified atom stereocenters. The van der Waals surface area contributed by atoms with Crippen LogP contribution in [0.15, 0.2) is 18.3 Å². The highest BCUT2D eigenvalue weighted by Gasteiger charge is 2.04. The lowest BCUT2D eigenvalue weighted by Gasteiger charge is -2.03. The summed E-state index contributed by atoms with van der Waals surface area (Å²) in [6.45, 7) is -2.56. The Labute approximate surface area is 92.5 Å². The van der Waals surface area contributed by atoms with Gasteiger partial charge in [0, 0.05) is 18.8 Å². The molecule has 3 nitrogen and oxygen atoms in total. The van der Waals surface area contributed by atoms with Crippen molar-refractivity contribution in [3.8, 4) is 5.88 Å². The maximum Gasteiger partial charge on any atom is 0.388 e. The van der Waals surface area contributed by atoms with Crippen LogP contribution in [0, 0.1) is 0 Å². The van der Waals surface area contributed by atoms with Crippen molar-refractivity contribution < 1.29 is 13.5 Å². The minimum absolute atomic E-state index is 0. The third kappa shape index (κ3) is 5.16. The third-order valence-electron chi connectivity index (χ3n) is 1.24. The smallest absolute Gasteiger partial charge is 0.388 e. The number of rotatable bonds is 3. The van der Waals surface area contributed by atoms with E-state index < -0.39 is 6.61 Å². The van der Waals surface area contributed by atoms with Gasteiger partial charge >= 0.3 is 6.61 Å². The second-order valence-corrected chi connectivity index (χ2v) is 2.08. The molecule has 0 fully saturated rings. The molecular weight excluding hydrogens is 237 g/mol. The Morgan fingerprint density at radius 1 is 1.43 bits per heavy atom. The van der Waals surface area contributed by atoms with Crippen LogP contribution in [0.1, 0.15) is 5.56 Å². The van der Waals surface area contributed by atoms with Crippen molar-refractivity contribution in [1.29, 1.82) is 0 Å². The highest BCUT2D eigenvalue weighted by Crippen LogP contribution is 2.11. The number of nitrogens with zero attached hydrogens (tertiary/aromatic N) is 1. The molecule has 82 valence electrons. The van der Waals surface area contributed by atoms with Gasteiger partial charge in [-0.25, -0.2) is 4.98 Å². The summed E-state index contributed by atoms with van der Waals surface area (Å²) in [7, 11) is 0. The highest BCUT2D eigenvalue weighted by atomic mass is 35.5. The summed E-state index contributed by atoms with van der Waals surface area (Å²) in [5.74, 6) is -0.104. The molecule has 0 aliphatic rings. The van der Waals surface area contributed by atoms with Gasteiger partial charge < -0.3 is 10.5 Å². The third-order valence-corrected chi connectivity index (χ3v) is 1.24. The molecule has 0 aliphatic heterocycles. The Bertz CT molecular complexity index is 263. The molecule has 0 aromatic carbocycles. The predicted octanol–water partition coefficient (Wildman–Crippen LogP) is 1.99. The first kappa shape index (κ1) is 15.8. The molecule has 1 heterocycles. The molecule has 1 aromatic heterocycles. The van der Waals surface area contributed by atoms with Crippen molar-refractivity contribution >= 4 is 24.8 Å². The molecule has 0 amide bonds. The van der Waals surface area contributed by atoms with Crippen molar-refractivity contribution in [2.24, 2.45) is 5.73 Å². The van der Waals surface area contributed by atoms with Gasteiger partial charge in [-0.1, -0.05) is 0 Å². The molecule has 0 saturated heterocycles. The zero-order valence-electron chi connectivity index (χ0n) is 7.02. The molecule has 1 rings (SSSR count). The van der Waals surface area contributed by atoms with E-state index in [1.807, 2.05) is 0 Å². The fraction of sp³-hybridized carbons (Fsp3) is 0.286. The molecule has 0 aliphatic carbocycles. The molecule has 0 atom stereocenters. The van der Waals surface area contributed by atoms with E-state index in [0.717, 1.165) is 0 Å².